The minimum absolute atomic E-state index is 0.0405. The number of aromatic carboxylic acids is 1. The molecule has 1 aromatic heterocycles. The normalized spacial score (nSPS) is 12.4. The second-order valence-corrected chi connectivity index (χ2v) is 3.62. The van der Waals surface area contributed by atoms with E-state index in [0.29, 0.717) is 11.5 Å². The quantitative estimate of drug-likeness (QED) is 0.776. The summed E-state index contributed by atoms with van der Waals surface area (Å²) in [6.07, 6.45) is 0.0405. The van der Waals surface area contributed by atoms with Crippen molar-refractivity contribution in [3.05, 3.63) is 11.2 Å². The first kappa shape index (κ1) is 10.9. The van der Waals surface area contributed by atoms with Crippen LogP contribution in [-0.2, 0) is 4.74 Å². The summed E-state index contributed by atoms with van der Waals surface area (Å²) >= 11 is 1.27. The van der Waals surface area contributed by atoms with Crippen LogP contribution < -0.4 is 5.32 Å². The molecule has 0 bridgehead atoms. The molecular weight excluding hydrogens is 204 g/mol. The standard InChI is InChI=1S/C8H12N2O3S/c1-5(13-2)3-9-7-6(8(11)12)10-4-14-7/h4-5,9H,3H2,1-2H3,(H,11,12). The van der Waals surface area contributed by atoms with Crippen molar-refractivity contribution in [1.29, 1.82) is 0 Å². The van der Waals surface area contributed by atoms with Crippen molar-refractivity contribution < 1.29 is 14.6 Å². The fraction of sp³-hybridized carbons (Fsp3) is 0.500. The number of hydrogen-bond donors (Lipinski definition) is 2. The second-order valence-electron chi connectivity index (χ2n) is 2.76. The van der Waals surface area contributed by atoms with Crippen LogP contribution in [0.1, 0.15) is 17.4 Å². The van der Waals surface area contributed by atoms with E-state index in [2.05, 4.69) is 10.3 Å². The number of anilines is 1. The van der Waals surface area contributed by atoms with Gasteiger partial charge >= 0.3 is 5.97 Å². The zero-order valence-electron chi connectivity index (χ0n) is 7.98. The summed E-state index contributed by atoms with van der Waals surface area (Å²) in [6, 6.07) is 0. The van der Waals surface area contributed by atoms with Crippen LogP contribution in [0.4, 0.5) is 5.00 Å². The van der Waals surface area contributed by atoms with Gasteiger partial charge in [0.25, 0.3) is 0 Å². The maximum atomic E-state index is 10.7. The zero-order chi connectivity index (χ0) is 10.6. The van der Waals surface area contributed by atoms with Crippen molar-refractivity contribution in [3.8, 4) is 0 Å². The van der Waals surface area contributed by atoms with E-state index < -0.39 is 5.97 Å². The van der Waals surface area contributed by atoms with Gasteiger partial charge in [-0.1, -0.05) is 0 Å². The summed E-state index contributed by atoms with van der Waals surface area (Å²) in [6.45, 7) is 2.47. The van der Waals surface area contributed by atoms with Crippen molar-refractivity contribution >= 4 is 22.3 Å². The summed E-state index contributed by atoms with van der Waals surface area (Å²) in [5.41, 5.74) is 1.57. The lowest BCUT2D eigenvalue weighted by Gasteiger charge is -2.10. The van der Waals surface area contributed by atoms with Gasteiger partial charge in [0, 0.05) is 13.7 Å². The summed E-state index contributed by atoms with van der Waals surface area (Å²) in [7, 11) is 1.61. The molecule has 1 heterocycles. The number of hydrogen-bond acceptors (Lipinski definition) is 5. The van der Waals surface area contributed by atoms with E-state index in [1.165, 1.54) is 16.8 Å². The predicted molar refractivity (Wildman–Crippen MR) is 54.0 cm³/mol. The lowest BCUT2D eigenvalue weighted by Crippen LogP contribution is -2.18. The number of carbonyl (C=O) groups is 1. The van der Waals surface area contributed by atoms with Crippen molar-refractivity contribution in [2.45, 2.75) is 13.0 Å². The molecule has 0 aliphatic carbocycles. The Labute approximate surface area is 85.7 Å². The number of aromatic nitrogens is 1. The molecule has 0 saturated heterocycles. The first-order valence-corrected chi connectivity index (χ1v) is 4.96. The number of nitrogens with one attached hydrogen (secondary N) is 1. The molecule has 0 radical (unpaired) electrons. The second kappa shape index (κ2) is 4.92. The molecule has 0 aliphatic rings. The highest BCUT2D eigenvalue weighted by atomic mass is 32.1. The van der Waals surface area contributed by atoms with E-state index in [-0.39, 0.29) is 11.8 Å². The van der Waals surface area contributed by atoms with Crippen molar-refractivity contribution in [1.82, 2.24) is 4.98 Å². The minimum atomic E-state index is -1.01. The summed E-state index contributed by atoms with van der Waals surface area (Å²) < 4.78 is 5.02. The van der Waals surface area contributed by atoms with Gasteiger partial charge in [-0.25, -0.2) is 9.78 Å². The van der Waals surface area contributed by atoms with Crippen LogP contribution in [0.25, 0.3) is 0 Å². The molecule has 0 aromatic carbocycles. The number of methoxy groups -OCH3 is 1. The number of nitrogens with zero attached hydrogens (tertiary/aromatic N) is 1. The monoisotopic (exact) mass is 216 g/mol. The Morgan fingerprint density at radius 3 is 3.14 bits per heavy atom. The maximum absolute atomic E-state index is 10.7. The third-order valence-electron chi connectivity index (χ3n) is 1.72. The van der Waals surface area contributed by atoms with Gasteiger partial charge in [-0.2, -0.15) is 0 Å². The lowest BCUT2D eigenvalue weighted by molar-refractivity contribution is 0.0692. The van der Waals surface area contributed by atoms with Crippen LogP contribution in [0, 0.1) is 0 Å². The van der Waals surface area contributed by atoms with Crippen LogP contribution in [0.2, 0.25) is 0 Å². The fourth-order valence-electron chi connectivity index (χ4n) is 0.844. The van der Waals surface area contributed by atoms with Gasteiger partial charge in [-0.15, -0.1) is 11.3 Å². The summed E-state index contributed by atoms with van der Waals surface area (Å²) in [5.74, 6) is -1.01. The van der Waals surface area contributed by atoms with Crippen LogP contribution in [0.15, 0.2) is 5.51 Å². The Kier molecular flexibility index (Phi) is 3.84. The van der Waals surface area contributed by atoms with Crippen LogP contribution in [0.5, 0.6) is 0 Å². The van der Waals surface area contributed by atoms with E-state index in [4.69, 9.17) is 9.84 Å². The SMILES string of the molecule is COC(C)CNc1scnc1C(=O)O. The topological polar surface area (TPSA) is 71.5 Å². The molecule has 6 heteroatoms. The molecule has 5 nitrogen and oxygen atoms in total. The number of rotatable bonds is 5. The fourth-order valence-corrected chi connectivity index (χ4v) is 1.53. The number of thiazole rings is 1. The summed E-state index contributed by atoms with van der Waals surface area (Å²) in [5, 5.41) is 12.3. The number of carboxylic acids is 1. The molecule has 2 N–H and O–H groups in total. The van der Waals surface area contributed by atoms with Gasteiger partial charge in [0.15, 0.2) is 5.69 Å². The number of carboxylic acid groups (broad SMARTS) is 1. The first-order chi connectivity index (χ1) is 6.65. The van der Waals surface area contributed by atoms with E-state index in [0.717, 1.165) is 0 Å². The smallest absolute Gasteiger partial charge is 0.357 e. The molecule has 1 unspecified atom stereocenters. The molecule has 0 saturated carbocycles. The first-order valence-electron chi connectivity index (χ1n) is 4.08. The van der Waals surface area contributed by atoms with Gasteiger partial charge in [-0.3, -0.25) is 0 Å². The molecule has 78 valence electrons. The minimum Gasteiger partial charge on any atom is -0.476 e. The molecule has 1 rings (SSSR count). The average Bonchev–Trinajstić information content (AvgIpc) is 2.62. The van der Waals surface area contributed by atoms with Gasteiger partial charge in [0.05, 0.1) is 11.6 Å². The van der Waals surface area contributed by atoms with Crippen LogP contribution in [0.3, 0.4) is 0 Å². The predicted octanol–water partition coefficient (Wildman–Crippen LogP) is 1.29. The highest BCUT2D eigenvalue weighted by Gasteiger charge is 2.13. The van der Waals surface area contributed by atoms with Crippen molar-refractivity contribution in [2.75, 3.05) is 19.0 Å². The molecule has 0 amide bonds. The van der Waals surface area contributed by atoms with E-state index in [1.807, 2.05) is 6.92 Å². The average molecular weight is 216 g/mol. The van der Waals surface area contributed by atoms with E-state index >= 15 is 0 Å². The largest absolute Gasteiger partial charge is 0.476 e. The molecule has 0 aliphatic heterocycles. The van der Waals surface area contributed by atoms with Gasteiger partial charge < -0.3 is 15.2 Å². The Morgan fingerprint density at radius 2 is 2.57 bits per heavy atom. The highest BCUT2D eigenvalue weighted by Crippen LogP contribution is 2.19. The Hall–Kier alpha value is -1.14. The van der Waals surface area contributed by atoms with E-state index in [9.17, 15) is 4.79 Å². The van der Waals surface area contributed by atoms with Gasteiger partial charge in [-0.05, 0) is 6.92 Å². The Balaban J connectivity index is 2.58. The van der Waals surface area contributed by atoms with Crippen LogP contribution >= 0.6 is 11.3 Å². The highest BCUT2D eigenvalue weighted by molar-refractivity contribution is 7.14. The van der Waals surface area contributed by atoms with Crippen molar-refractivity contribution in [3.63, 3.8) is 0 Å². The maximum Gasteiger partial charge on any atom is 0.357 e. The third-order valence-corrected chi connectivity index (χ3v) is 2.51. The van der Waals surface area contributed by atoms with Gasteiger partial charge in [0.2, 0.25) is 0 Å². The molecule has 1 aromatic rings. The number of ether oxygens (including phenoxy) is 1. The molecule has 1 atom stereocenters. The zero-order valence-corrected chi connectivity index (χ0v) is 8.80. The Bertz CT molecular complexity index is 313. The van der Waals surface area contributed by atoms with Gasteiger partial charge in [0.1, 0.15) is 5.00 Å². The third kappa shape index (κ3) is 2.68. The molecule has 0 spiro atoms. The molecular formula is C8H12N2O3S. The molecule has 0 fully saturated rings. The van der Waals surface area contributed by atoms with Crippen LogP contribution in [-0.4, -0.2) is 35.8 Å². The molecule has 14 heavy (non-hydrogen) atoms. The van der Waals surface area contributed by atoms with Crippen molar-refractivity contribution in [2.24, 2.45) is 0 Å². The summed E-state index contributed by atoms with van der Waals surface area (Å²) in [4.78, 5) is 14.4. The lowest BCUT2D eigenvalue weighted by atomic mass is 10.4. The van der Waals surface area contributed by atoms with E-state index in [1.54, 1.807) is 7.11 Å². The Morgan fingerprint density at radius 1 is 1.86 bits per heavy atom.